The topological polar surface area (TPSA) is 88.2 Å². The van der Waals surface area contributed by atoms with Crippen molar-refractivity contribution in [2.24, 2.45) is 5.92 Å². The number of nitrogens with zero attached hydrogens (tertiary/aromatic N) is 2. The molecular formula is C18H23N3O5. The molecule has 0 aliphatic carbocycles. The zero-order valence-corrected chi connectivity index (χ0v) is 14.8. The fourth-order valence-electron chi connectivity index (χ4n) is 3.11. The van der Waals surface area contributed by atoms with Gasteiger partial charge in [0.1, 0.15) is 5.75 Å². The fraction of sp³-hybridized carbons (Fsp3) is 0.500. The predicted octanol–water partition coefficient (Wildman–Crippen LogP) is 0.0231. The number of anilines is 1. The maximum absolute atomic E-state index is 12.1. The molecule has 2 aliphatic rings. The summed E-state index contributed by atoms with van der Waals surface area (Å²) in [5, 5.41) is 2.58. The van der Waals surface area contributed by atoms with Crippen LogP contribution in [0.25, 0.3) is 0 Å². The molecule has 0 radical (unpaired) electrons. The molecule has 2 fully saturated rings. The molecule has 0 spiro atoms. The monoisotopic (exact) mass is 361 g/mol. The van der Waals surface area contributed by atoms with Gasteiger partial charge in [-0.15, -0.1) is 0 Å². The van der Waals surface area contributed by atoms with Crippen molar-refractivity contribution < 1.29 is 23.9 Å². The quantitative estimate of drug-likeness (QED) is 0.799. The van der Waals surface area contributed by atoms with Gasteiger partial charge in [0.25, 0.3) is 5.91 Å². The Kier molecular flexibility index (Phi) is 5.72. The van der Waals surface area contributed by atoms with E-state index in [1.54, 1.807) is 41.1 Å². The van der Waals surface area contributed by atoms with Crippen molar-refractivity contribution >= 4 is 23.4 Å². The number of benzene rings is 1. The summed E-state index contributed by atoms with van der Waals surface area (Å²) < 4.78 is 10.8. The van der Waals surface area contributed by atoms with Gasteiger partial charge in [-0.3, -0.25) is 14.4 Å². The van der Waals surface area contributed by atoms with Crippen LogP contribution < -0.4 is 15.0 Å². The first kappa shape index (κ1) is 18.2. The molecule has 140 valence electrons. The number of hydrogen-bond donors (Lipinski definition) is 1. The molecule has 3 rings (SSSR count). The summed E-state index contributed by atoms with van der Waals surface area (Å²) in [4.78, 5) is 39.2. The molecule has 0 aromatic heterocycles. The Morgan fingerprint density at radius 3 is 2.58 bits per heavy atom. The predicted molar refractivity (Wildman–Crippen MR) is 93.9 cm³/mol. The lowest BCUT2D eigenvalue weighted by Gasteiger charge is -2.26. The van der Waals surface area contributed by atoms with Crippen molar-refractivity contribution in [3.63, 3.8) is 0 Å². The summed E-state index contributed by atoms with van der Waals surface area (Å²) in [7, 11) is 1.57. The number of nitrogens with one attached hydrogen (secondary N) is 1. The molecule has 0 saturated carbocycles. The highest BCUT2D eigenvalue weighted by Gasteiger charge is 2.34. The molecular weight excluding hydrogens is 338 g/mol. The van der Waals surface area contributed by atoms with E-state index in [9.17, 15) is 14.4 Å². The van der Waals surface area contributed by atoms with Crippen LogP contribution in [0.5, 0.6) is 5.75 Å². The fourth-order valence-corrected chi connectivity index (χ4v) is 3.11. The van der Waals surface area contributed by atoms with Crippen LogP contribution >= 0.6 is 0 Å². The summed E-state index contributed by atoms with van der Waals surface area (Å²) >= 11 is 0. The van der Waals surface area contributed by atoms with Gasteiger partial charge in [-0.1, -0.05) is 0 Å². The van der Waals surface area contributed by atoms with Crippen LogP contribution in [0.3, 0.4) is 0 Å². The Labute approximate surface area is 152 Å². The van der Waals surface area contributed by atoms with Crippen molar-refractivity contribution in [1.29, 1.82) is 0 Å². The zero-order valence-electron chi connectivity index (χ0n) is 14.8. The van der Waals surface area contributed by atoms with Gasteiger partial charge in [0.05, 0.1) is 19.1 Å². The SMILES string of the molecule is CNC(=O)[C@@H]1CC(=O)N(c2ccc(OCC(=O)N3CCOCC3)cc2)C1. The smallest absolute Gasteiger partial charge is 0.260 e. The van der Waals surface area contributed by atoms with Crippen LogP contribution in [0.2, 0.25) is 0 Å². The first-order valence-electron chi connectivity index (χ1n) is 8.69. The highest BCUT2D eigenvalue weighted by atomic mass is 16.5. The van der Waals surface area contributed by atoms with Crippen LogP contribution in [0.4, 0.5) is 5.69 Å². The normalized spacial score (nSPS) is 20.2. The lowest BCUT2D eigenvalue weighted by atomic mass is 10.1. The molecule has 1 aromatic carbocycles. The molecule has 3 amide bonds. The highest BCUT2D eigenvalue weighted by Crippen LogP contribution is 2.27. The molecule has 0 bridgehead atoms. The van der Waals surface area contributed by atoms with E-state index < -0.39 is 0 Å². The van der Waals surface area contributed by atoms with Crippen LogP contribution in [0, 0.1) is 5.92 Å². The third-order valence-electron chi connectivity index (χ3n) is 4.62. The van der Waals surface area contributed by atoms with Gasteiger partial charge in [0.2, 0.25) is 11.8 Å². The molecule has 2 aliphatic heterocycles. The lowest BCUT2D eigenvalue weighted by molar-refractivity contribution is -0.137. The van der Waals surface area contributed by atoms with E-state index in [0.29, 0.717) is 44.3 Å². The van der Waals surface area contributed by atoms with Gasteiger partial charge in [0.15, 0.2) is 6.61 Å². The average molecular weight is 361 g/mol. The van der Waals surface area contributed by atoms with Crippen molar-refractivity contribution in [1.82, 2.24) is 10.2 Å². The first-order valence-corrected chi connectivity index (χ1v) is 8.69. The molecule has 8 heteroatoms. The summed E-state index contributed by atoms with van der Waals surface area (Å²) in [6.45, 7) is 2.63. The maximum Gasteiger partial charge on any atom is 0.260 e. The van der Waals surface area contributed by atoms with Gasteiger partial charge >= 0.3 is 0 Å². The van der Waals surface area contributed by atoms with E-state index in [1.165, 1.54) is 0 Å². The van der Waals surface area contributed by atoms with Gasteiger partial charge in [0, 0.05) is 38.8 Å². The van der Waals surface area contributed by atoms with Crippen molar-refractivity contribution in [2.75, 3.05) is 51.4 Å². The second-order valence-corrected chi connectivity index (χ2v) is 6.30. The minimum absolute atomic E-state index is 0.0270. The second-order valence-electron chi connectivity index (χ2n) is 6.30. The molecule has 26 heavy (non-hydrogen) atoms. The van der Waals surface area contributed by atoms with Gasteiger partial charge < -0.3 is 24.6 Å². The first-order chi connectivity index (χ1) is 12.6. The van der Waals surface area contributed by atoms with Gasteiger partial charge in [-0.25, -0.2) is 0 Å². The summed E-state index contributed by atoms with van der Waals surface area (Å²) in [5.41, 5.74) is 0.716. The number of carbonyl (C=O) groups is 3. The molecule has 1 N–H and O–H groups in total. The molecule has 0 unspecified atom stereocenters. The highest BCUT2D eigenvalue weighted by molar-refractivity contribution is 6.00. The van der Waals surface area contributed by atoms with Crippen LogP contribution in [-0.4, -0.2) is 69.1 Å². The maximum atomic E-state index is 12.1. The number of morpholine rings is 1. The van der Waals surface area contributed by atoms with Crippen LogP contribution in [0.15, 0.2) is 24.3 Å². The molecule has 1 aromatic rings. The summed E-state index contributed by atoms with van der Waals surface area (Å²) in [6.07, 6.45) is 0.214. The molecule has 2 saturated heterocycles. The Morgan fingerprint density at radius 1 is 1.23 bits per heavy atom. The van der Waals surface area contributed by atoms with E-state index in [4.69, 9.17) is 9.47 Å². The van der Waals surface area contributed by atoms with E-state index >= 15 is 0 Å². The van der Waals surface area contributed by atoms with E-state index in [0.717, 1.165) is 0 Å². The zero-order chi connectivity index (χ0) is 18.5. The van der Waals surface area contributed by atoms with Gasteiger partial charge in [-0.05, 0) is 24.3 Å². The average Bonchev–Trinajstić information content (AvgIpc) is 3.08. The van der Waals surface area contributed by atoms with Crippen molar-refractivity contribution in [3.05, 3.63) is 24.3 Å². The minimum atomic E-state index is -0.324. The Bertz CT molecular complexity index is 670. The Balaban J connectivity index is 1.54. The lowest BCUT2D eigenvalue weighted by Crippen LogP contribution is -2.42. The summed E-state index contributed by atoms with van der Waals surface area (Å²) in [6, 6.07) is 6.97. The Morgan fingerprint density at radius 2 is 1.92 bits per heavy atom. The molecule has 8 nitrogen and oxygen atoms in total. The van der Waals surface area contributed by atoms with Crippen molar-refractivity contribution in [3.8, 4) is 5.75 Å². The minimum Gasteiger partial charge on any atom is -0.484 e. The third-order valence-corrected chi connectivity index (χ3v) is 4.62. The third kappa shape index (κ3) is 4.13. The number of rotatable bonds is 5. The van der Waals surface area contributed by atoms with E-state index in [-0.39, 0.29) is 36.7 Å². The molecule has 1 atom stereocenters. The number of carbonyl (C=O) groups excluding carboxylic acids is 3. The van der Waals surface area contributed by atoms with Crippen LogP contribution in [-0.2, 0) is 19.1 Å². The van der Waals surface area contributed by atoms with Crippen LogP contribution in [0.1, 0.15) is 6.42 Å². The molecule has 2 heterocycles. The van der Waals surface area contributed by atoms with E-state index in [1.807, 2.05) is 0 Å². The van der Waals surface area contributed by atoms with Crippen molar-refractivity contribution in [2.45, 2.75) is 6.42 Å². The van der Waals surface area contributed by atoms with E-state index in [2.05, 4.69) is 5.32 Å². The van der Waals surface area contributed by atoms with Gasteiger partial charge in [-0.2, -0.15) is 0 Å². The second kappa shape index (κ2) is 8.18. The standard InChI is InChI=1S/C18H23N3O5/c1-19-18(24)13-10-16(22)21(11-13)14-2-4-15(5-3-14)26-12-17(23)20-6-8-25-9-7-20/h2-5,13H,6-12H2,1H3,(H,19,24)/t13-/m1/s1. The summed E-state index contributed by atoms with van der Waals surface area (Å²) in [5.74, 6) is -0.0304. The largest absolute Gasteiger partial charge is 0.484 e. The number of ether oxygens (including phenoxy) is 2. The number of amides is 3. The Hall–Kier alpha value is -2.61. The number of hydrogen-bond acceptors (Lipinski definition) is 5.